The van der Waals surface area contributed by atoms with Gasteiger partial charge in [-0.25, -0.2) is 0 Å². The summed E-state index contributed by atoms with van der Waals surface area (Å²) in [4.78, 5) is 12.7. The third-order valence-corrected chi connectivity index (χ3v) is 4.91. The smallest absolute Gasteiger partial charge is 0.185 e. The Morgan fingerprint density at radius 2 is 1.48 bits per heavy atom. The molecular weight excluding hydrogens is 336 g/mol. The van der Waals surface area contributed by atoms with Gasteiger partial charge in [0.2, 0.25) is 0 Å². The highest BCUT2D eigenvalue weighted by atomic mass is 16.5. The van der Waals surface area contributed by atoms with Crippen molar-refractivity contribution in [1.29, 1.82) is 0 Å². The number of phenolic OH excluding ortho intramolecular Hbond substituents is 1. The van der Waals surface area contributed by atoms with Crippen molar-refractivity contribution >= 4 is 17.9 Å². The molecule has 1 saturated carbocycles. The molecule has 0 amide bonds. The van der Waals surface area contributed by atoms with Gasteiger partial charge >= 0.3 is 0 Å². The number of Topliss-reactive ketones (excluding diaryl/α,β-unsaturated/α-hetero) is 1. The summed E-state index contributed by atoms with van der Waals surface area (Å²) in [7, 11) is 1.51. The number of aromatic hydroxyl groups is 1. The lowest BCUT2D eigenvalue weighted by atomic mass is 9.86. The van der Waals surface area contributed by atoms with E-state index in [-0.39, 0.29) is 16.9 Å². The molecule has 140 valence electrons. The van der Waals surface area contributed by atoms with Crippen molar-refractivity contribution in [2.75, 3.05) is 7.11 Å². The zero-order chi connectivity index (χ0) is 19.6. The van der Waals surface area contributed by atoms with Crippen LogP contribution < -0.4 is 4.74 Å². The van der Waals surface area contributed by atoms with Crippen molar-refractivity contribution in [3.63, 3.8) is 0 Å². The second-order valence-corrected chi connectivity index (χ2v) is 7.97. The second kappa shape index (κ2) is 7.43. The molecule has 0 unspecified atom stereocenters. The van der Waals surface area contributed by atoms with Crippen LogP contribution in [0, 0.1) is 0 Å². The predicted octanol–water partition coefficient (Wildman–Crippen LogP) is 5.53. The second-order valence-electron chi connectivity index (χ2n) is 7.97. The fourth-order valence-electron chi connectivity index (χ4n) is 3.24. The number of rotatable bonds is 3. The molecule has 3 rings (SSSR count). The molecular formula is C24H26O3. The number of benzene rings is 2. The first kappa shape index (κ1) is 19.0. The molecule has 1 aliphatic rings. The number of carbonyl (C=O) groups is 1. The van der Waals surface area contributed by atoms with Gasteiger partial charge in [0.1, 0.15) is 0 Å². The molecule has 1 fully saturated rings. The van der Waals surface area contributed by atoms with Crippen molar-refractivity contribution in [3.05, 3.63) is 70.3 Å². The standard InChI is InChI=1S/C24H26O3/c1-24(2,3)20-10-5-16(6-11-20)13-18-8-9-19(23(18)26)14-17-7-12-21(25)22(15-17)27-4/h5-7,10-15,25H,8-9H2,1-4H3/b18-13+,19-14+. The monoisotopic (exact) mass is 362 g/mol. The van der Waals surface area contributed by atoms with Gasteiger partial charge in [-0.15, -0.1) is 0 Å². The summed E-state index contributed by atoms with van der Waals surface area (Å²) in [6, 6.07) is 13.5. The molecule has 2 aromatic rings. The largest absolute Gasteiger partial charge is 0.504 e. The summed E-state index contributed by atoms with van der Waals surface area (Å²) < 4.78 is 5.13. The summed E-state index contributed by atoms with van der Waals surface area (Å²) in [5, 5.41) is 9.70. The third kappa shape index (κ3) is 4.30. The minimum absolute atomic E-state index is 0.0942. The van der Waals surface area contributed by atoms with E-state index < -0.39 is 0 Å². The predicted molar refractivity (Wildman–Crippen MR) is 110 cm³/mol. The Morgan fingerprint density at radius 3 is 2.04 bits per heavy atom. The first-order valence-corrected chi connectivity index (χ1v) is 9.21. The van der Waals surface area contributed by atoms with E-state index in [1.165, 1.54) is 12.7 Å². The van der Waals surface area contributed by atoms with Crippen LogP contribution in [0.25, 0.3) is 12.2 Å². The van der Waals surface area contributed by atoms with E-state index in [1.54, 1.807) is 18.2 Å². The van der Waals surface area contributed by atoms with Crippen LogP contribution in [0.3, 0.4) is 0 Å². The molecule has 1 N–H and O–H groups in total. The maximum atomic E-state index is 12.7. The van der Waals surface area contributed by atoms with Crippen LogP contribution in [0.2, 0.25) is 0 Å². The van der Waals surface area contributed by atoms with Crippen LogP contribution >= 0.6 is 0 Å². The molecule has 0 saturated heterocycles. The van der Waals surface area contributed by atoms with E-state index in [2.05, 4.69) is 45.0 Å². The minimum Gasteiger partial charge on any atom is -0.504 e. The van der Waals surface area contributed by atoms with Crippen molar-refractivity contribution in [1.82, 2.24) is 0 Å². The fraction of sp³-hybridized carbons (Fsp3) is 0.292. The average Bonchev–Trinajstić information content (AvgIpc) is 2.96. The topological polar surface area (TPSA) is 46.5 Å². The third-order valence-electron chi connectivity index (χ3n) is 4.91. The summed E-state index contributed by atoms with van der Waals surface area (Å²) >= 11 is 0. The summed E-state index contributed by atoms with van der Waals surface area (Å²) in [6.07, 6.45) is 5.36. The quantitative estimate of drug-likeness (QED) is 0.731. The zero-order valence-electron chi connectivity index (χ0n) is 16.4. The van der Waals surface area contributed by atoms with Gasteiger partial charge in [-0.2, -0.15) is 0 Å². The number of hydrogen-bond acceptors (Lipinski definition) is 3. The molecule has 1 aliphatic carbocycles. The maximum Gasteiger partial charge on any atom is 0.185 e. The van der Waals surface area contributed by atoms with Crippen LogP contribution in [0.1, 0.15) is 50.3 Å². The number of hydrogen-bond donors (Lipinski definition) is 1. The molecule has 0 radical (unpaired) electrons. The van der Waals surface area contributed by atoms with Crippen LogP contribution in [-0.2, 0) is 10.2 Å². The fourth-order valence-corrected chi connectivity index (χ4v) is 3.24. The highest BCUT2D eigenvalue weighted by Crippen LogP contribution is 2.32. The Balaban J connectivity index is 1.81. The molecule has 0 bridgehead atoms. The average molecular weight is 362 g/mol. The Morgan fingerprint density at radius 1 is 0.926 bits per heavy atom. The first-order chi connectivity index (χ1) is 12.8. The molecule has 3 nitrogen and oxygen atoms in total. The summed E-state index contributed by atoms with van der Waals surface area (Å²) in [5.41, 5.74) is 4.94. The Kier molecular flexibility index (Phi) is 5.22. The number of ether oxygens (including phenoxy) is 1. The summed E-state index contributed by atoms with van der Waals surface area (Å²) in [6.45, 7) is 6.57. The van der Waals surface area contributed by atoms with Crippen molar-refractivity contribution in [2.24, 2.45) is 0 Å². The highest BCUT2D eigenvalue weighted by molar-refractivity contribution is 6.15. The van der Waals surface area contributed by atoms with Crippen LogP contribution in [0.15, 0.2) is 53.6 Å². The zero-order valence-corrected chi connectivity index (χ0v) is 16.4. The number of carbonyl (C=O) groups excluding carboxylic acids is 1. The van der Waals surface area contributed by atoms with E-state index in [1.807, 2.05) is 12.2 Å². The number of ketones is 1. The van der Waals surface area contributed by atoms with Crippen molar-refractivity contribution < 1.29 is 14.6 Å². The molecule has 0 atom stereocenters. The lowest BCUT2D eigenvalue weighted by Gasteiger charge is -2.18. The number of phenols is 1. The Hall–Kier alpha value is -2.81. The van der Waals surface area contributed by atoms with E-state index in [0.29, 0.717) is 5.75 Å². The molecule has 27 heavy (non-hydrogen) atoms. The van der Waals surface area contributed by atoms with E-state index in [0.717, 1.165) is 35.1 Å². The lowest BCUT2D eigenvalue weighted by Crippen LogP contribution is -2.10. The molecule has 0 aromatic heterocycles. The van der Waals surface area contributed by atoms with Gasteiger partial charge in [-0.1, -0.05) is 51.1 Å². The highest BCUT2D eigenvalue weighted by Gasteiger charge is 2.23. The van der Waals surface area contributed by atoms with Crippen molar-refractivity contribution in [3.8, 4) is 11.5 Å². The van der Waals surface area contributed by atoms with Gasteiger partial charge in [0, 0.05) is 11.1 Å². The van der Waals surface area contributed by atoms with Crippen LogP contribution in [0.4, 0.5) is 0 Å². The normalized spacial score (nSPS) is 17.7. The maximum absolute atomic E-state index is 12.7. The molecule has 2 aromatic carbocycles. The van der Waals surface area contributed by atoms with Gasteiger partial charge in [0.15, 0.2) is 17.3 Å². The SMILES string of the molecule is COc1cc(/C=C2\CC/C(=C\c3ccc(C(C)(C)C)cc3)C2=O)ccc1O. The minimum atomic E-state index is 0.0942. The summed E-state index contributed by atoms with van der Waals surface area (Å²) in [5.74, 6) is 0.600. The Bertz CT molecular complexity index is 910. The molecule has 0 heterocycles. The first-order valence-electron chi connectivity index (χ1n) is 9.21. The lowest BCUT2D eigenvalue weighted by molar-refractivity contribution is -0.111. The van der Waals surface area contributed by atoms with Crippen LogP contribution in [0.5, 0.6) is 11.5 Å². The van der Waals surface area contributed by atoms with Gasteiger partial charge < -0.3 is 9.84 Å². The van der Waals surface area contributed by atoms with Gasteiger partial charge in [0.25, 0.3) is 0 Å². The molecule has 0 aliphatic heterocycles. The molecule has 3 heteroatoms. The van der Waals surface area contributed by atoms with Crippen molar-refractivity contribution in [2.45, 2.75) is 39.0 Å². The Labute approximate surface area is 161 Å². The van der Waals surface area contributed by atoms with Gasteiger partial charge in [0.05, 0.1) is 7.11 Å². The van der Waals surface area contributed by atoms with E-state index in [9.17, 15) is 9.90 Å². The van der Waals surface area contributed by atoms with E-state index in [4.69, 9.17) is 4.74 Å². The van der Waals surface area contributed by atoms with Gasteiger partial charge in [-0.05, 0) is 59.2 Å². The number of allylic oxidation sites excluding steroid dienone is 2. The number of methoxy groups -OCH3 is 1. The van der Waals surface area contributed by atoms with Crippen LogP contribution in [-0.4, -0.2) is 18.0 Å². The van der Waals surface area contributed by atoms with E-state index >= 15 is 0 Å². The molecule has 0 spiro atoms. The van der Waals surface area contributed by atoms with Gasteiger partial charge in [-0.3, -0.25) is 4.79 Å².